The molecule has 8 aromatic carbocycles. The number of ether oxygens (including phenoxy) is 1. The summed E-state index contributed by atoms with van der Waals surface area (Å²) >= 11 is 6.89. The quantitative estimate of drug-likeness (QED) is 0.0746. The van der Waals surface area contributed by atoms with E-state index in [4.69, 9.17) is 9.84 Å². The number of aromatic nitrogens is 2. The van der Waals surface area contributed by atoms with E-state index in [1.54, 1.807) is 31.2 Å². The molecule has 2 heterocycles. The van der Waals surface area contributed by atoms with Crippen molar-refractivity contribution >= 4 is 77.4 Å². The molecule has 78 heavy (non-hydrogen) atoms. The molecule has 2 aromatic heterocycles. The highest BCUT2D eigenvalue weighted by Gasteiger charge is 2.17. The Morgan fingerprint density at radius 3 is 1.28 bits per heavy atom. The maximum absolute atomic E-state index is 13.0. The van der Waals surface area contributed by atoms with Gasteiger partial charge in [0.25, 0.3) is 11.8 Å². The summed E-state index contributed by atoms with van der Waals surface area (Å²) in [4.78, 5) is 49.2. The molecular weight excluding hydrogens is 1110 g/mol. The summed E-state index contributed by atoms with van der Waals surface area (Å²) in [7, 11) is 1.00. The number of aliphatic hydroxyl groups excluding tert-OH is 1. The van der Waals surface area contributed by atoms with E-state index in [9.17, 15) is 24.3 Å². The molecule has 11 nitrogen and oxygen atoms in total. The highest BCUT2D eigenvalue weighted by atomic mass is 79.9. The Hall–Kier alpha value is -8.36. The maximum atomic E-state index is 13.0. The van der Waals surface area contributed by atoms with Crippen molar-refractivity contribution in [1.29, 1.82) is 0 Å². The highest BCUT2D eigenvalue weighted by molar-refractivity contribution is 9.10. The third kappa shape index (κ3) is 13.6. The molecule has 10 rings (SSSR count). The molecule has 394 valence electrons. The lowest BCUT2D eigenvalue weighted by atomic mass is 9.98. The Morgan fingerprint density at radius 1 is 0.500 bits per heavy atom. The number of nitrogens with zero attached hydrogens (tertiary/aromatic N) is 2. The smallest absolute Gasteiger partial charge is 0.338 e. The average molecular weight is 1170 g/mol. The third-order valence-electron chi connectivity index (χ3n) is 13.4. The van der Waals surface area contributed by atoms with Crippen molar-refractivity contribution in [2.24, 2.45) is 0 Å². The Morgan fingerprint density at radius 2 is 0.885 bits per heavy atom. The van der Waals surface area contributed by atoms with E-state index in [0.717, 1.165) is 82.4 Å². The number of hydrogen-bond acceptors (Lipinski definition) is 6. The molecule has 4 N–H and O–H groups in total. The number of fused-ring (bicyclic) bond motifs is 2. The minimum atomic E-state index is -0.936. The summed E-state index contributed by atoms with van der Waals surface area (Å²) in [6.45, 7) is 7.43. The van der Waals surface area contributed by atoms with Crippen LogP contribution in [0.3, 0.4) is 0 Å². The molecule has 0 radical (unpaired) electrons. The number of esters is 1. The minimum Gasteiger partial charge on any atom is -0.478 e. The van der Waals surface area contributed by atoms with Gasteiger partial charge < -0.3 is 34.7 Å². The van der Waals surface area contributed by atoms with Crippen molar-refractivity contribution in [3.63, 3.8) is 0 Å². The van der Waals surface area contributed by atoms with Gasteiger partial charge in [0.2, 0.25) is 0 Å². The van der Waals surface area contributed by atoms with Crippen molar-refractivity contribution in [1.82, 2.24) is 19.8 Å². The van der Waals surface area contributed by atoms with Crippen molar-refractivity contribution in [3.8, 4) is 22.3 Å². The molecule has 0 aliphatic rings. The second kappa shape index (κ2) is 26.1. The summed E-state index contributed by atoms with van der Waals surface area (Å²) in [5.74, 6) is -1.46. The number of hydrogen-bond donors (Lipinski definition) is 4. The number of carboxylic acid groups (broad SMARTS) is 1. The van der Waals surface area contributed by atoms with Gasteiger partial charge in [-0.25, -0.2) is 9.59 Å². The number of carboxylic acids is 1. The van der Waals surface area contributed by atoms with Crippen LogP contribution in [0.5, 0.6) is 0 Å². The number of aliphatic hydroxyl groups is 1. The zero-order valence-electron chi connectivity index (χ0n) is 43.5. The second-order valence-corrected chi connectivity index (χ2v) is 20.3. The lowest BCUT2D eigenvalue weighted by Gasteiger charge is -2.15. The summed E-state index contributed by atoms with van der Waals surface area (Å²) in [6, 6.07) is 62.2. The number of aromatic carboxylic acids is 1. The molecule has 0 saturated carbocycles. The van der Waals surface area contributed by atoms with Crippen LogP contribution in [0.25, 0.3) is 44.1 Å². The Labute approximate surface area is 470 Å². The van der Waals surface area contributed by atoms with Gasteiger partial charge in [0.15, 0.2) is 0 Å². The minimum absolute atomic E-state index is 0.100. The summed E-state index contributed by atoms with van der Waals surface area (Å²) in [5, 5.41) is 24.4. The molecule has 0 aliphatic carbocycles. The zero-order valence-corrected chi connectivity index (χ0v) is 46.7. The number of carbonyl (C=O) groups is 4. The van der Waals surface area contributed by atoms with Gasteiger partial charge in [-0.05, 0) is 162 Å². The van der Waals surface area contributed by atoms with Crippen LogP contribution in [0.15, 0.2) is 215 Å². The maximum Gasteiger partial charge on any atom is 0.338 e. The standard InChI is InChI=1S/C33H29BrN2O3.C31H25BrN2O3.CH4O/c1-3-39-33(38)25-10-8-24(9-11-25)30-7-5-4-6-28(30)21-36-19-18-26-20-27(14-17-31(26)36)32(37)35-22(2)23-12-15-29(34)16-13-23;1-20(21-10-13-27(32)14-11-21)33-30(35)25-12-15-29-24(18-25)16-17-34(29)19-26-4-2-3-5-28(26)22-6-8-23(9-7-22)31(36)37;1-2/h4-20,22H,3,21H2,1-2H3,(H,35,37);2-18,20H,19H2,1H3,(H,33,35)(H,36,37);2H,1H3/t22-;20-;/m00./s1. The molecule has 0 saturated heterocycles. The van der Waals surface area contributed by atoms with Gasteiger partial charge in [0.1, 0.15) is 0 Å². The highest BCUT2D eigenvalue weighted by Crippen LogP contribution is 2.30. The Balaban J connectivity index is 0.000000200. The van der Waals surface area contributed by atoms with Crippen LogP contribution in [-0.2, 0) is 17.8 Å². The van der Waals surface area contributed by atoms with Crippen LogP contribution >= 0.6 is 31.9 Å². The van der Waals surface area contributed by atoms with E-state index in [-0.39, 0.29) is 35.4 Å². The number of rotatable bonds is 15. The van der Waals surface area contributed by atoms with Crippen LogP contribution < -0.4 is 10.6 Å². The van der Waals surface area contributed by atoms with Crippen LogP contribution in [0, 0.1) is 0 Å². The molecule has 0 aliphatic heterocycles. The SMILES string of the molecule is CCOC(=O)c1ccc(-c2ccccc2Cn2ccc3cc(C(=O)N[C@@H](C)c4ccc(Br)cc4)ccc32)cc1.CO.C[C@H](NC(=O)c1ccc2c(ccn2Cc2ccccc2-c2ccc(C(=O)O)cc2)c1)c1ccc(Br)cc1. The van der Waals surface area contributed by atoms with E-state index in [0.29, 0.717) is 36.4 Å². The van der Waals surface area contributed by atoms with Crippen molar-refractivity contribution < 1.29 is 34.1 Å². The lowest BCUT2D eigenvalue weighted by molar-refractivity contribution is 0.0525. The largest absolute Gasteiger partial charge is 0.478 e. The first-order valence-corrected chi connectivity index (χ1v) is 26.9. The van der Waals surface area contributed by atoms with Crippen LogP contribution in [-0.4, -0.2) is 56.8 Å². The Kier molecular flexibility index (Phi) is 18.7. The van der Waals surface area contributed by atoms with E-state index in [1.807, 2.05) is 172 Å². The van der Waals surface area contributed by atoms with Crippen molar-refractivity contribution in [3.05, 3.63) is 260 Å². The molecule has 0 fully saturated rings. The van der Waals surface area contributed by atoms with Crippen LogP contribution in [0.2, 0.25) is 0 Å². The van der Waals surface area contributed by atoms with E-state index < -0.39 is 5.97 Å². The number of amides is 2. The van der Waals surface area contributed by atoms with Gasteiger partial charge in [0, 0.05) is 74.5 Å². The molecule has 2 atom stereocenters. The summed E-state index contributed by atoms with van der Waals surface area (Å²) < 4.78 is 11.5. The molecule has 0 bridgehead atoms. The van der Waals surface area contributed by atoms with Crippen molar-refractivity contribution in [2.45, 2.75) is 45.9 Å². The van der Waals surface area contributed by atoms with Gasteiger partial charge in [-0.3, -0.25) is 9.59 Å². The molecule has 2 amide bonds. The zero-order chi connectivity index (χ0) is 55.3. The lowest BCUT2D eigenvalue weighted by Crippen LogP contribution is -2.26. The van der Waals surface area contributed by atoms with Gasteiger partial charge in [0.05, 0.1) is 29.8 Å². The first kappa shape index (κ1) is 55.9. The van der Waals surface area contributed by atoms with Gasteiger partial charge in [-0.1, -0.05) is 129 Å². The number of halogens is 2. The van der Waals surface area contributed by atoms with Gasteiger partial charge in [-0.15, -0.1) is 0 Å². The fourth-order valence-electron chi connectivity index (χ4n) is 9.23. The normalized spacial score (nSPS) is 11.6. The summed E-state index contributed by atoms with van der Waals surface area (Å²) in [5.41, 5.74) is 12.7. The van der Waals surface area contributed by atoms with E-state index in [2.05, 4.69) is 76.0 Å². The molecule has 0 spiro atoms. The number of nitrogens with one attached hydrogen (secondary N) is 2. The van der Waals surface area contributed by atoms with Crippen molar-refractivity contribution in [2.75, 3.05) is 13.7 Å². The van der Waals surface area contributed by atoms with Crippen LogP contribution in [0.1, 0.15) is 96.5 Å². The van der Waals surface area contributed by atoms with Gasteiger partial charge in [-0.2, -0.15) is 0 Å². The second-order valence-electron chi connectivity index (χ2n) is 18.4. The monoisotopic (exact) mass is 1160 g/mol. The molecule has 13 heteroatoms. The molecule has 10 aromatic rings. The number of benzene rings is 8. The topological polar surface area (TPSA) is 152 Å². The van der Waals surface area contributed by atoms with Crippen LogP contribution in [0.4, 0.5) is 0 Å². The fraction of sp³-hybridized carbons (Fsp3) is 0.138. The number of carbonyl (C=O) groups excluding carboxylic acids is 3. The summed E-state index contributed by atoms with van der Waals surface area (Å²) in [6.07, 6.45) is 4.08. The van der Waals surface area contributed by atoms with Gasteiger partial charge >= 0.3 is 11.9 Å². The predicted octanol–water partition coefficient (Wildman–Crippen LogP) is 14.7. The van der Waals surface area contributed by atoms with E-state index >= 15 is 0 Å². The Bertz CT molecular complexity index is 3700. The third-order valence-corrected chi connectivity index (χ3v) is 14.4. The molecule has 0 unspecified atom stereocenters. The first-order chi connectivity index (χ1) is 37.8. The van der Waals surface area contributed by atoms with E-state index in [1.165, 1.54) is 0 Å². The first-order valence-electron chi connectivity index (χ1n) is 25.3. The average Bonchev–Trinajstić information content (AvgIpc) is 4.11. The predicted molar refractivity (Wildman–Crippen MR) is 317 cm³/mol. The fourth-order valence-corrected chi connectivity index (χ4v) is 9.76. The molecular formula is C65H58Br2N4O7.